The Labute approximate surface area is 162 Å². The van der Waals surface area contributed by atoms with Gasteiger partial charge in [-0.2, -0.15) is 13.2 Å². The second kappa shape index (κ2) is 9.73. The van der Waals surface area contributed by atoms with Gasteiger partial charge in [-0.15, -0.1) is 0 Å². The minimum atomic E-state index is -4.63. The maximum atomic E-state index is 12.9. The van der Waals surface area contributed by atoms with Crippen molar-refractivity contribution in [3.63, 3.8) is 0 Å². The van der Waals surface area contributed by atoms with Crippen molar-refractivity contribution in [3.8, 4) is 5.75 Å². The van der Waals surface area contributed by atoms with Gasteiger partial charge in [0.25, 0.3) is 11.5 Å². The average Bonchev–Trinajstić information content (AvgIpc) is 2.67. The van der Waals surface area contributed by atoms with Crippen molar-refractivity contribution in [1.29, 1.82) is 0 Å². The summed E-state index contributed by atoms with van der Waals surface area (Å²) in [4.78, 5) is 37.7. The molecule has 0 bridgehead atoms. The fourth-order valence-corrected chi connectivity index (χ4v) is 2.14. The molecule has 156 valence electrons. The molecule has 29 heavy (non-hydrogen) atoms. The molecule has 1 aromatic heterocycles. The average molecular weight is 414 g/mol. The van der Waals surface area contributed by atoms with Crippen LogP contribution in [-0.2, 0) is 20.4 Å². The van der Waals surface area contributed by atoms with Crippen molar-refractivity contribution in [2.24, 2.45) is 0 Å². The molecular formula is C18H17F3N2O6. The van der Waals surface area contributed by atoms with Gasteiger partial charge in [-0.3, -0.25) is 9.59 Å². The summed E-state index contributed by atoms with van der Waals surface area (Å²) in [5.41, 5.74) is -2.28. The number of nitrogens with one attached hydrogen (secondary N) is 2. The Balaban J connectivity index is 2.09. The molecule has 0 unspecified atom stereocenters. The van der Waals surface area contributed by atoms with Gasteiger partial charge < -0.3 is 24.5 Å². The van der Waals surface area contributed by atoms with Crippen molar-refractivity contribution < 1.29 is 37.0 Å². The fourth-order valence-electron chi connectivity index (χ4n) is 2.14. The number of amides is 1. The van der Waals surface area contributed by atoms with Crippen LogP contribution in [-0.4, -0.2) is 43.8 Å². The van der Waals surface area contributed by atoms with Crippen LogP contribution in [0.15, 0.2) is 41.3 Å². The van der Waals surface area contributed by atoms with Crippen LogP contribution in [0.4, 0.5) is 18.9 Å². The van der Waals surface area contributed by atoms with E-state index in [0.29, 0.717) is 6.07 Å². The molecule has 1 aromatic carbocycles. The summed E-state index contributed by atoms with van der Waals surface area (Å²) in [7, 11) is 1.42. The highest BCUT2D eigenvalue weighted by atomic mass is 19.4. The van der Waals surface area contributed by atoms with Crippen LogP contribution < -0.4 is 15.6 Å². The number of ether oxygens (including phenoxy) is 3. The number of alkyl halides is 3. The molecule has 0 spiro atoms. The lowest BCUT2D eigenvalue weighted by molar-refractivity contribution is -0.137. The number of H-pyrrole nitrogens is 1. The van der Waals surface area contributed by atoms with Gasteiger partial charge in [0.2, 0.25) is 0 Å². The van der Waals surface area contributed by atoms with Gasteiger partial charge in [0.05, 0.1) is 17.9 Å². The molecule has 2 N–H and O–H groups in total. The lowest BCUT2D eigenvalue weighted by Gasteiger charge is -2.15. The first-order chi connectivity index (χ1) is 13.7. The van der Waals surface area contributed by atoms with E-state index in [2.05, 4.69) is 10.3 Å². The highest BCUT2D eigenvalue weighted by Crippen LogP contribution is 2.35. The predicted octanol–water partition coefficient (Wildman–Crippen LogP) is 2.21. The molecule has 0 aliphatic heterocycles. The fraction of sp³-hybridized carbons (Fsp3) is 0.278. The molecule has 0 aliphatic rings. The van der Waals surface area contributed by atoms with Gasteiger partial charge in [0.1, 0.15) is 17.9 Å². The zero-order chi connectivity index (χ0) is 21.4. The molecule has 0 aliphatic carbocycles. The molecule has 8 nitrogen and oxygen atoms in total. The number of esters is 1. The molecule has 0 fully saturated rings. The van der Waals surface area contributed by atoms with E-state index in [1.807, 2.05) is 0 Å². The summed E-state index contributed by atoms with van der Waals surface area (Å²) < 4.78 is 53.7. The van der Waals surface area contributed by atoms with E-state index in [1.165, 1.54) is 25.4 Å². The summed E-state index contributed by atoms with van der Waals surface area (Å²) in [6, 6.07) is 5.16. The number of hydrogen-bond acceptors (Lipinski definition) is 6. The van der Waals surface area contributed by atoms with Crippen molar-refractivity contribution in [2.45, 2.75) is 6.18 Å². The Kier molecular flexibility index (Phi) is 7.37. The quantitative estimate of drug-likeness (QED) is 0.507. The molecule has 11 heteroatoms. The number of carbonyl (C=O) groups is 2. The van der Waals surface area contributed by atoms with Gasteiger partial charge in [0.15, 0.2) is 6.61 Å². The van der Waals surface area contributed by atoms with E-state index in [0.717, 1.165) is 12.1 Å². The van der Waals surface area contributed by atoms with Gasteiger partial charge in [-0.1, -0.05) is 0 Å². The minimum absolute atomic E-state index is 0.0192. The van der Waals surface area contributed by atoms with Gasteiger partial charge >= 0.3 is 12.1 Å². The summed E-state index contributed by atoms with van der Waals surface area (Å²) in [6.45, 7) is -0.602. The molecule has 1 amide bonds. The van der Waals surface area contributed by atoms with E-state index in [-0.39, 0.29) is 30.2 Å². The first-order valence-corrected chi connectivity index (χ1v) is 8.20. The minimum Gasteiger partial charge on any atom is -0.489 e. The third-order valence-corrected chi connectivity index (χ3v) is 3.50. The molecule has 2 aromatic rings. The highest BCUT2D eigenvalue weighted by Gasteiger charge is 2.31. The molecule has 1 heterocycles. The first kappa shape index (κ1) is 22.0. The van der Waals surface area contributed by atoms with Crippen LogP contribution in [0.2, 0.25) is 0 Å². The maximum Gasteiger partial charge on any atom is 0.416 e. The number of aromatic nitrogens is 1. The highest BCUT2D eigenvalue weighted by molar-refractivity contribution is 5.96. The molecular weight excluding hydrogens is 397 g/mol. The second-order valence-corrected chi connectivity index (χ2v) is 5.59. The third kappa shape index (κ3) is 6.35. The third-order valence-electron chi connectivity index (χ3n) is 3.50. The zero-order valence-electron chi connectivity index (χ0n) is 15.2. The normalized spacial score (nSPS) is 11.0. The summed E-state index contributed by atoms with van der Waals surface area (Å²) >= 11 is 0. The van der Waals surface area contributed by atoms with Crippen LogP contribution in [0.25, 0.3) is 0 Å². The predicted molar refractivity (Wildman–Crippen MR) is 94.8 cm³/mol. The van der Waals surface area contributed by atoms with Gasteiger partial charge in [-0.25, -0.2) is 4.79 Å². The molecule has 0 radical (unpaired) electrons. The largest absolute Gasteiger partial charge is 0.489 e. The molecule has 0 atom stereocenters. The summed E-state index contributed by atoms with van der Waals surface area (Å²) in [5.74, 6) is -1.99. The Morgan fingerprint density at radius 2 is 1.93 bits per heavy atom. The first-order valence-electron chi connectivity index (χ1n) is 8.20. The van der Waals surface area contributed by atoms with Gasteiger partial charge in [-0.05, 0) is 30.3 Å². The van der Waals surface area contributed by atoms with Crippen LogP contribution >= 0.6 is 0 Å². The number of carbonyl (C=O) groups excluding carboxylic acids is 2. The Bertz CT molecular complexity index is 926. The SMILES string of the molecule is COCCOc1ccc(C(F)(F)F)cc1NC(=O)COC(=O)c1ccc[nH]c1=O. The Morgan fingerprint density at radius 1 is 1.17 bits per heavy atom. The van der Waals surface area contributed by atoms with Crippen molar-refractivity contribution in [3.05, 3.63) is 58.0 Å². The Morgan fingerprint density at radius 3 is 2.59 bits per heavy atom. The molecule has 0 saturated carbocycles. The number of aromatic amines is 1. The second-order valence-electron chi connectivity index (χ2n) is 5.59. The molecule has 2 rings (SSSR count). The monoisotopic (exact) mass is 414 g/mol. The molecule has 0 saturated heterocycles. The van der Waals surface area contributed by atoms with Crippen LogP contribution in [0.5, 0.6) is 5.75 Å². The number of pyridine rings is 1. The number of methoxy groups -OCH3 is 1. The van der Waals surface area contributed by atoms with E-state index >= 15 is 0 Å². The van der Waals surface area contributed by atoms with Crippen LogP contribution in [0.3, 0.4) is 0 Å². The van der Waals surface area contributed by atoms with Crippen molar-refractivity contribution >= 4 is 17.6 Å². The maximum absolute atomic E-state index is 12.9. The van der Waals surface area contributed by atoms with Crippen molar-refractivity contribution in [1.82, 2.24) is 4.98 Å². The van der Waals surface area contributed by atoms with Crippen LogP contribution in [0.1, 0.15) is 15.9 Å². The summed E-state index contributed by atoms with van der Waals surface area (Å²) in [6.07, 6.45) is -3.32. The lowest BCUT2D eigenvalue weighted by atomic mass is 10.1. The van der Waals surface area contributed by atoms with E-state index in [1.54, 1.807) is 0 Å². The Hall–Kier alpha value is -3.34. The number of benzene rings is 1. The number of halogens is 3. The smallest absolute Gasteiger partial charge is 0.416 e. The van der Waals surface area contributed by atoms with E-state index in [4.69, 9.17) is 14.2 Å². The number of anilines is 1. The summed E-state index contributed by atoms with van der Waals surface area (Å²) in [5, 5.41) is 2.20. The zero-order valence-corrected chi connectivity index (χ0v) is 15.2. The number of hydrogen-bond donors (Lipinski definition) is 2. The van der Waals surface area contributed by atoms with E-state index in [9.17, 15) is 27.6 Å². The topological polar surface area (TPSA) is 107 Å². The van der Waals surface area contributed by atoms with E-state index < -0.39 is 35.8 Å². The van der Waals surface area contributed by atoms with Gasteiger partial charge in [0, 0.05) is 13.3 Å². The standard InChI is InChI=1S/C18H17F3N2O6/c1-27-7-8-28-14-5-4-11(18(19,20)21)9-13(14)23-15(24)10-29-17(26)12-3-2-6-22-16(12)25/h2-6,9H,7-8,10H2,1H3,(H,22,25)(H,23,24). The van der Waals surface area contributed by atoms with Crippen molar-refractivity contribution in [2.75, 3.05) is 32.2 Å². The van der Waals surface area contributed by atoms with Crippen LogP contribution in [0, 0.1) is 0 Å². The number of rotatable bonds is 8. The lowest BCUT2D eigenvalue weighted by Crippen LogP contribution is -2.25.